The normalized spacial score (nSPS) is 16.8. The van der Waals surface area contributed by atoms with Crippen molar-refractivity contribution in [2.75, 3.05) is 0 Å². The van der Waals surface area contributed by atoms with Crippen LogP contribution in [0.1, 0.15) is 0 Å². The first-order chi connectivity index (χ1) is 6.28. The Labute approximate surface area is 83.1 Å². The summed E-state index contributed by atoms with van der Waals surface area (Å²) >= 11 is 0. The number of hydrogen-bond acceptors (Lipinski definition) is 4. The standard InChI is InChI=1S/C2H9O10P3/c3-1(13(4,5)6)2(14(7,8)9)15(10,11)12/h1-3H,(H2,4,5,6)(H2,7,8,9)(H2,10,11,12)/t1-/m1/s1. The number of aliphatic hydroxyl groups is 1. The second-order valence-electron chi connectivity index (χ2n) is 2.59. The summed E-state index contributed by atoms with van der Waals surface area (Å²) in [5.41, 5.74) is 0. The van der Waals surface area contributed by atoms with E-state index >= 15 is 0 Å². The van der Waals surface area contributed by atoms with Gasteiger partial charge in [-0.3, -0.25) is 13.7 Å². The van der Waals surface area contributed by atoms with Crippen molar-refractivity contribution in [2.24, 2.45) is 0 Å². The molecule has 0 aliphatic heterocycles. The molecule has 0 fully saturated rings. The van der Waals surface area contributed by atoms with E-state index in [4.69, 9.17) is 34.5 Å². The summed E-state index contributed by atoms with van der Waals surface area (Å²) in [6.45, 7) is 0. The lowest BCUT2D eigenvalue weighted by Gasteiger charge is -2.24. The third kappa shape index (κ3) is 4.42. The van der Waals surface area contributed by atoms with E-state index in [2.05, 4.69) is 0 Å². The predicted molar refractivity (Wildman–Crippen MR) is 45.9 cm³/mol. The number of rotatable bonds is 4. The zero-order valence-corrected chi connectivity index (χ0v) is 9.53. The zero-order chi connectivity index (χ0) is 12.7. The Bertz CT molecular complexity index is 333. The Morgan fingerprint density at radius 1 is 0.667 bits per heavy atom. The van der Waals surface area contributed by atoms with Crippen LogP contribution < -0.4 is 0 Å². The molecule has 0 unspecified atom stereocenters. The maximum atomic E-state index is 10.6. The fourth-order valence-electron chi connectivity index (χ4n) is 0.717. The molecular formula is C2H9O10P3. The molecule has 0 saturated heterocycles. The van der Waals surface area contributed by atoms with Gasteiger partial charge in [-0.15, -0.1) is 0 Å². The lowest BCUT2D eigenvalue weighted by atomic mass is 10.8. The summed E-state index contributed by atoms with van der Waals surface area (Å²) in [5, 5.41) is 5.64. The Kier molecular flexibility index (Phi) is 4.47. The SMILES string of the molecule is O=P(O)(O)C([C@H](O)P(=O)(O)O)P(=O)(O)O. The average Bonchev–Trinajstić information content (AvgIpc) is 1.76. The van der Waals surface area contributed by atoms with Gasteiger partial charge in [-0.05, 0) is 0 Å². The van der Waals surface area contributed by atoms with E-state index in [9.17, 15) is 13.7 Å². The molecule has 0 bridgehead atoms. The molecule has 92 valence electrons. The summed E-state index contributed by atoms with van der Waals surface area (Å²) in [6.07, 6.45) is 0. The van der Waals surface area contributed by atoms with E-state index in [1.807, 2.05) is 0 Å². The first-order valence-corrected chi connectivity index (χ1v) is 8.16. The molecule has 0 saturated carbocycles. The summed E-state index contributed by atoms with van der Waals surface area (Å²) in [7, 11) is -16.5. The van der Waals surface area contributed by atoms with Crippen molar-refractivity contribution < 1.29 is 48.2 Å². The van der Waals surface area contributed by atoms with Gasteiger partial charge in [-0.1, -0.05) is 0 Å². The monoisotopic (exact) mass is 286 g/mol. The van der Waals surface area contributed by atoms with E-state index in [1.54, 1.807) is 0 Å². The Morgan fingerprint density at radius 2 is 0.933 bits per heavy atom. The van der Waals surface area contributed by atoms with Gasteiger partial charge in [-0.25, -0.2) is 0 Å². The third-order valence-electron chi connectivity index (χ3n) is 1.30. The predicted octanol–water partition coefficient (Wildman–Crippen LogP) is -1.84. The first-order valence-electron chi connectivity index (χ1n) is 3.11. The van der Waals surface area contributed by atoms with Gasteiger partial charge < -0.3 is 34.5 Å². The highest BCUT2D eigenvalue weighted by Crippen LogP contribution is 2.66. The molecule has 0 radical (unpaired) electrons. The largest absolute Gasteiger partial charge is 0.379 e. The molecular weight excluding hydrogens is 277 g/mol. The van der Waals surface area contributed by atoms with Crippen LogP contribution in [0, 0.1) is 0 Å². The van der Waals surface area contributed by atoms with Crippen LogP contribution in [-0.4, -0.2) is 45.7 Å². The molecule has 0 aromatic carbocycles. The van der Waals surface area contributed by atoms with Crippen molar-refractivity contribution in [1.82, 2.24) is 0 Å². The molecule has 0 aliphatic carbocycles. The minimum absolute atomic E-state index is 3.13. The minimum atomic E-state index is -5.56. The Balaban J connectivity index is 5.46. The van der Waals surface area contributed by atoms with Gasteiger partial charge in [0.25, 0.3) is 0 Å². The van der Waals surface area contributed by atoms with Crippen LogP contribution >= 0.6 is 22.8 Å². The molecule has 0 aromatic heterocycles. The van der Waals surface area contributed by atoms with Crippen LogP contribution in [0.4, 0.5) is 0 Å². The zero-order valence-electron chi connectivity index (χ0n) is 6.85. The highest BCUT2D eigenvalue weighted by Gasteiger charge is 2.54. The molecule has 10 nitrogen and oxygen atoms in total. The number of aliphatic hydroxyl groups excluding tert-OH is 1. The molecule has 13 heteroatoms. The second-order valence-corrected chi connectivity index (χ2v) is 8.18. The maximum absolute atomic E-state index is 10.6. The molecule has 0 rings (SSSR count). The highest BCUT2D eigenvalue weighted by atomic mass is 31.2. The van der Waals surface area contributed by atoms with Crippen LogP contribution in [-0.2, 0) is 13.7 Å². The van der Waals surface area contributed by atoms with Gasteiger partial charge in [0.2, 0.25) is 0 Å². The smallest absolute Gasteiger partial charge is 0.355 e. The topological polar surface area (TPSA) is 193 Å². The van der Waals surface area contributed by atoms with Crippen molar-refractivity contribution in [3.05, 3.63) is 0 Å². The third-order valence-corrected chi connectivity index (χ3v) is 6.51. The molecule has 15 heavy (non-hydrogen) atoms. The van der Waals surface area contributed by atoms with Crippen LogP contribution in [0.15, 0.2) is 0 Å². The molecule has 1 atom stereocenters. The minimum Gasteiger partial charge on any atom is -0.379 e. The van der Waals surface area contributed by atoms with E-state index in [-0.39, 0.29) is 0 Å². The molecule has 0 aliphatic rings. The van der Waals surface area contributed by atoms with Crippen molar-refractivity contribution >= 4 is 22.8 Å². The molecule has 0 amide bonds. The number of hydrogen-bond donors (Lipinski definition) is 7. The summed E-state index contributed by atoms with van der Waals surface area (Å²) in [6, 6.07) is 0. The Hall–Kier alpha value is 0.410. The molecule has 0 heterocycles. The van der Waals surface area contributed by atoms with Crippen LogP contribution in [0.5, 0.6) is 0 Å². The van der Waals surface area contributed by atoms with Crippen LogP contribution in [0.3, 0.4) is 0 Å². The molecule has 0 spiro atoms. The van der Waals surface area contributed by atoms with Gasteiger partial charge in [-0.2, -0.15) is 0 Å². The van der Waals surface area contributed by atoms with E-state index in [0.29, 0.717) is 0 Å². The van der Waals surface area contributed by atoms with Crippen molar-refractivity contribution in [3.8, 4) is 0 Å². The van der Waals surface area contributed by atoms with Gasteiger partial charge in [0.05, 0.1) is 0 Å². The average molecular weight is 286 g/mol. The van der Waals surface area contributed by atoms with Crippen molar-refractivity contribution in [3.63, 3.8) is 0 Å². The highest BCUT2D eigenvalue weighted by molar-refractivity contribution is 7.72. The van der Waals surface area contributed by atoms with Crippen molar-refractivity contribution in [2.45, 2.75) is 11.2 Å². The Morgan fingerprint density at radius 3 is 1.00 bits per heavy atom. The fourth-order valence-corrected chi connectivity index (χ4v) is 5.41. The van der Waals surface area contributed by atoms with Gasteiger partial charge in [0, 0.05) is 0 Å². The van der Waals surface area contributed by atoms with E-state index in [0.717, 1.165) is 0 Å². The van der Waals surface area contributed by atoms with E-state index in [1.165, 1.54) is 0 Å². The summed E-state index contributed by atoms with van der Waals surface area (Å²) in [4.78, 5) is 50.6. The summed E-state index contributed by atoms with van der Waals surface area (Å²) in [5.74, 6) is -3.13. The molecule has 0 aromatic rings. The van der Waals surface area contributed by atoms with Crippen molar-refractivity contribution in [1.29, 1.82) is 0 Å². The quantitative estimate of drug-likeness (QED) is 0.289. The first kappa shape index (κ1) is 15.4. The van der Waals surface area contributed by atoms with Gasteiger partial charge >= 0.3 is 22.8 Å². The molecule has 7 N–H and O–H groups in total. The maximum Gasteiger partial charge on any atom is 0.355 e. The van der Waals surface area contributed by atoms with Gasteiger partial charge in [0.15, 0.2) is 11.2 Å². The van der Waals surface area contributed by atoms with Crippen LogP contribution in [0.2, 0.25) is 0 Å². The second kappa shape index (κ2) is 4.35. The lowest BCUT2D eigenvalue weighted by Crippen LogP contribution is -2.26. The summed E-state index contributed by atoms with van der Waals surface area (Å²) < 4.78 is 31.6. The lowest BCUT2D eigenvalue weighted by molar-refractivity contribution is 0.192. The van der Waals surface area contributed by atoms with Gasteiger partial charge in [0.1, 0.15) is 0 Å². The van der Waals surface area contributed by atoms with E-state index < -0.39 is 34.0 Å². The van der Waals surface area contributed by atoms with Crippen LogP contribution in [0.25, 0.3) is 0 Å². The fraction of sp³-hybridized carbons (Fsp3) is 1.00.